The number of aromatic nitrogens is 3. The maximum Gasteiger partial charge on any atom is 0.316 e. The van der Waals surface area contributed by atoms with E-state index < -0.39 is 0 Å². The van der Waals surface area contributed by atoms with Gasteiger partial charge in [-0.2, -0.15) is 4.98 Å². The number of fused-ring (bicyclic) bond motifs is 2. The van der Waals surface area contributed by atoms with Gasteiger partial charge in [-0.3, -0.25) is 9.88 Å². The fourth-order valence-corrected chi connectivity index (χ4v) is 3.57. The number of pyridine rings is 1. The van der Waals surface area contributed by atoms with Crippen LogP contribution in [0.5, 0.6) is 6.01 Å². The van der Waals surface area contributed by atoms with Gasteiger partial charge >= 0.3 is 6.01 Å². The summed E-state index contributed by atoms with van der Waals surface area (Å²) in [6.07, 6.45) is 8.70. The van der Waals surface area contributed by atoms with Crippen LogP contribution in [0, 0.1) is 0 Å². The Balaban J connectivity index is 1.54. The molecule has 5 heteroatoms. The molecule has 2 fully saturated rings. The number of hydrogen-bond donors (Lipinski definition) is 0. The summed E-state index contributed by atoms with van der Waals surface area (Å²) in [7, 11) is 0. The molecule has 2 aliphatic rings. The minimum absolute atomic E-state index is 0.119. The molecule has 0 saturated carbocycles. The molecule has 0 bridgehead atoms. The first kappa shape index (κ1) is 12.7. The molecule has 0 aromatic carbocycles. The standard InChI is InChI=1S/C16H18N4O/c1-12-7-16(4-2-6-20(16)10-12)11-21-15-18-9-13-8-17-5-3-14(13)19-15/h3,5,8-9H,1-2,4,6-7,10-11H2. The van der Waals surface area contributed by atoms with Crippen molar-refractivity contribution >= 4 is 10.9 Å². The van der Waals surface area contributed by atoms with E-state index in [9.17, 15) is 0 Å². The lowest BCUT2D eigenvalue weighted by molar-refractivity contribution is 0.108. The van der Waals surface area contributed by atoms with Crippen LogP contribution in [0.2, 0.25) is 0 Å². The second-order valence-corrected chi connectivity index (χ2v) is 6.05. The molecule has 2 saturated heterocycles. The Morgan fingerprint density at radius 2 is 2.33 bits per heavy atom. The molecule has 0 aliphatic carbocycles. The highest BCUT2D eigenvalue weighted by molar-refractivity contribution is 5.76. The summed E-state index contributed by atoms with van der Waals surface area (Å²) in [6.45, 7) is 6.94. The summed E-state index contributed by atoms with van der Waals surface area (Å²) in [4.78, 5) is 15.3. The van der Waals surface area contributed by atoms with Crippen LogP contribution in [0.1, 0.15) is 19.3 Å². The van der Waals surface area contributed by atoms with Crippen molar-refractivity contribution < 1.29 is 4.74 Å². The molecule has 5 nitrogen and oxygen atoms in total. The summed E-state index contributed by atoms with van der Waals surface area (Å²) in [6, 6.07) is 2.33. The predicted octanol–water partition coefficient (Wildman–Crippen LogP) is 2.20. The summed E-state index contributed by atoms with van der Waals surface area (Å²) >= 11 is 0. The van der Waals surface area contributed by atoms with Gasteiger partial charge < -0.3 is 4.74 Å². The van der Waals surface area contributed by atoms with Gasteiger partial charge in [-0.15, -0.1) is 0 Å². The molecule has 21 heavy (non-hydrogen) atoms. The van der Waals surface area contributed by atoms with Crippen LogP contribution in [-0.4, -0.2) is 45.1 Å². The molecular weight excluding hydrogens is 264 g/mol. The first-order valence-corrected chi connectivity index (χ1v) is 7.36. The van der Waals surface area contributed by atoms with E-state index in [2.05, 4.69) is 26.4 Å². The van der Waals surface area contributed by atoms with Crippen molar-refractivity contribution in [2.45, 2.75) is 24.8 Å². The van der Waals surface area contributed by atoms with Gasteiger partial charge in [0.1, 0.15) is 6.61 Å². The van der Waals surface area contributed by atoms with Crippen molar-refractivity contribution in [1.29, 1.82) is 0 Å². The van der Waals surface area contributed by atoms with Gasteiger partial charge in [0.15, 0.2) is 0 Å². The minimum atomic E-state index is 0.119. The average molecular weight is 282 g/mol. The third-order valence-corrected chi connectivity index (χ3v) is 4.56. The van der Waals surface area contributed by atoms with Crippen molar-refractivity contribution in [2.24, 2.45) is 0 Å². The van der Waals surface area contributed by atoms with E-state index in [4.69, 9.17) is 4.74 Å². The second-order valence-electron chi connectivity index (χ2n) is 6.05. The zero-order valence-electron chi connectivity index (χ0n) is 12.0. The fourth-order valence-electron chi connectivity index (χ4n) is 3.57. The predicted molar refractivity (Wildman–Crippen MR) is 80.1 cm³/mol. The van der Waals surface area contributed by atoms with E-state index in [1.165, 1.54) is 18.4 Å². The molecule has 0 radical (unpaired) electrons. The lowest BCUT2D eigenvalue weighted by Gasteiger charge is -2.30. The number of hydrogen-bond acceptors (Lipinski definition) is 5. The maximum atomic E-state index is 5.93. The highest BCUT2D eigenvalue weighted by atomic mass is 16.5. The zero-order valence-corrected chi connectivity index (χ0v) is 12.0. The summed E-state index contributed by atoms with van der Waals surface area (Å²) in [5.41, 5.74) is 2.30. The second kappa shape index (κ2) is 4.77. The Kier molecular flexibility index (Phi) is 2.89. The van der Waals surface area contributed by atoms with E-state index in [0.29, 0.717) is 12.6 Å². The Hall–Kier alpha value is -2.01. The number of rotatable bonds is 3. The Labute approximate surface area is 123 Å². The monoisotopic (exact) mass is 282 g/mol. The van der Waals surface area contributed by atoms with Gasteiger partial charge in [0, 0.05) is 30.5 Å². The van der Waals surface area contributed by atoms with E-state index in [0.717, 1.165) is 30.4 Å². The molecule has 108 valence electrons. The van der Waals surface area contributed by atoms with Crippen molar-refractivity contribution in [3.63, 3.8) is 0 Å². The first-order valence-electron chi connectivity index (χ1n) is 7.36. The van der Waals surface area contributed by atoms with Crippen LogP contribution in [0.25, 0.3) is 10.9 Å². The Bertz CT molecular complexity index is 701. The van der Waals surface area contributed by atoms with Crippen LogP contribution in [0.3, 0.4) is 0 Å². The fraction of sp³-hybridized carbons (Fsp3) is 0.438. The molecule has 2 aromatic heterocycles. The van der Waals surface area contributed by atoms with E-state index in [1.807, 2.05) is 6.07 Å². The lowest BCUT2D eigenvalue weighted by atomic mass is 9.94. The van der Waals surface area contributed by atoms with Gasteiger partial charge in [-0.25, -0.2) is 4.98 Å². The molecule has 1 atom stereocenters. The topological polar surface area (TPSA) is 51.1 Å². The van der Waals surface area contributed by atoms with E-state index in [-0.39, 0.29) is 5.54 Å². The van der Waals surface area contributed by atoms with Crippen LogP contribution < -0.4 is 4.74 Å². The van der Waals surface area contributed by atoms with Gasteiger partial charge in [0.25, 0.3) is 0 Å². The SMILES string of the molecule is C=C1CN2CCCC2(COc2ncc3cnccc3n2)C1. The summed E-state index contributed by atoms with van der Waals surface area (Å²) in [5, 5.41) is 0.930. The molecule has 2 aromatic rings. The van der Waals surface area contributed by atoms with Crippen molar-refractivity contribution in [1.82, 2.24) is 19.9 Å². The smallest absolute Gasteiger partial charge is 0.316 e. The molecule has 4 rings (SSSR count). The van der Waals surface area contributed by atoms with E-state index >= 15 is 0 Å². The average Bonchev–Trinajstić information content (AvgIpc) is 3.01. The van der Waals surface area contributed by atoms with Gasteiger partial charge in [-0.1, -0.05) is 12.2 Å². The van der Waals surface area contributed by atoms with E-state index in [1.54, 1.807) is 18.6 Å². The highest BCUT2D eigenvalue weighted by Crippen LogP contribution is 2.40. The highest BCUT2D eigenvalue weighted by Gasteiger charge is 2.46. The number of ether oxygens (including phenoxy) is 1. The van der Waals surface area contributed by atoms with Crippen LogP contribution in [-0.2, 0) is 0 Å². The van der Waals surface area contributed by atoms with Crippen molar-refractivity contribution in [3.8, 4) is 6.01 Å². The first-order chi connectivity index (χ1) is 10.3. The molecule has 4 heterocycles. The Morgan fingerprint density at radius 3 is 3.29 bits per heavy atom. The largest absolute Gasteiger partial charge is 0.461 e. The maximum absolute atomic E-state index is 5.93. The third kappa shape index (κ3) is 2.17. The van der Waals surface area contributed by atoms with Crippen molar-refractivity contribution in [2.75, 3.05) is 19.7 Å². The zero-order chi connectivity index (χ0) is 14.3. The van der Waals surface area contributed by atoms with Gasteiger partial charge in [0.2, 0.25) is 0 Å². The third-order valence-electron chi connectivity index (χ3n) is 4.56. The van der Waals surface area contributed by atoms with Crippen LogP contribution in [0.15, 0.2) is 36.8 Å². The normalized spacial score (nSPS) is 25.4. The summed E-state index contributed by atoms with van der Waals surface area (Å²) < 4.78 is 5.93. The Morgan fingerprint density at radius 1 is 1.38 bits per heavy atom. The molecule has 0 spiro atoms. The van der Waals surface area contributed by atoms with Crippen LogP contribution >= 0.6 is 0 Å². The van der Waals surface area contributed by atoms with Crippen LogP contribution in [0.4, 0.5) is 0 Å². The number of nitrogens with zero attached hydrogens (tertiary/aromatic N) is 4. The quantitative estimate of drug-likeness (QED) is 0.808. The summed E-state index contributed by atoms with van der Waals surface area (Å²) in [5.74, 6) is 0. The minimum Gasteiger partial charge on any atom is -0.461 e. The van der Waals surface area contributed by atoms with Crippen molar-refractivity contribution in [3.05, 3.63) is 36.8 Å². The van der Waals surface area contributed by atoms with Gasteiger partial charge in [-0.05, 0) is 31.9 Å². The molecular formula is C16H18N4O. The molecule has 0 N–H and O–H groups in total. The molecule has 0 amide bonds. The van der Waals surface area contributed by atoms with Gasteiger partial charge in [0.05, 0.1) is 11.1 Å². The molecule has 2 aliphatic heterocycles. The lowest BCUT2D eigenvalue weighted by Crippen LogP contribution is -2.43. The molecule has 1 unspecified atom stereocenters.